The molecule has 1 saturated heterocycles. The molecule has 2 nitrogen and oxygen atoms in total. The first-order chi connectivity index (χ1) is 9.19. The highest BCUT2D eigenvalue weighted by molar-refractivity contribution is 4.83. The lowest BCUT2D eigenvalue weighted by Gasteiger charge is -2.31. The summed E-state index contributed by atoms with van der Waals surface area (Å²) in [6.07, 6.45) is 9.58. The molecule has 1 fully saturated rings. The topological polar surface area (TPSA) is 15.3 Å². The Morgan fingerprint density at radius 3 is 2.58 bits per heavy atom. The van der Waals surface area contributed by atoms with Crippen LogP contribution in [0.4, 0.5) is 0 Å². The second kappa shape index (κ2) is 9.77. The summed E-state index contributed by atoms with van der Waals surface area (Å²) in [6, 6.07) is 1.46. The van der Waals surface area contributed by atoms with E-state index in [1.807, 2.05) is 0 Å². The first-order valence-electron chi connectivity index (χ1n) is 8.66. The highest BCUT2D eigenvalue weighted by Crippen LogP contribution is 2.17. The molecule has 0 aromatic heterocycles. The Balaban J connectivity index is 2.34. The summed E-state index contributed by atoms with van der Waals surface area (Å²) in [6.45, 7) is 13.2. The predicted octanol–water partition coefficient (Wildman–Crippen LogP) is 4.06. The van der Waals surface area contributed by atoms with Crippen molar-refractivity contribution in [3.63, 3.8) is 0 Å². The van der Waals surface area contributed by atoms with Gasteiger partial charge in [-0.2, -0.15) is 0 Å². The van der Waals surface area contributed by atoms with Crippen LogP contribution < -0.4 is 5.32 Å². The standard InChI is InChI=1S/C17H36N2/c1-5-7-8-9-10-13-19-14-17(15(3)6-2)18-12-11-16(19)4/h15-18H,5-14H2,1-4H3. The average molecular weight is 268 g/mol. The van der Waals surface area contributed by atoms with E-state index < -0.39 is 0 Å². The van der Waals surface area contributed by atoms with E-state index in [-0.39, 0.29) is 0 Å². The second-order valence-corrected chi connectivity index (χ2v) is 6.49. The van der Waals surface area contributed by atoms with Gasteiger partial charge in [0, 0.05) is 18.6 Å². The van der Waals surface area contributed by atoms with Crippen LogP contribution in [0.1, 0.15) is 72.6 Å². The maximum absolute atomic E-state index is 3.76. The first kappa shape index (κ1) is 17.0. The van der Waals surface area contributed by atoms with Gasteiger partial charge in [-0.15, -0.1) is 0 Å². The molecule has 0 aromatic rings. The van der Waals surface area contributed by atoms with Crippen LogP contribution in [0.5, 0.6) is 0 Å². The molecular formula is C17H36N2. The van der Waals surface area contributed by atoms with E-state index in [0.29, 0.717) is 6.04 Å². The third-order valence-corrected chi connectivity index (χ3v) is 4.90. The maximum Gasteiger partial charge on any atom is 0.0220 e. The summed E-state index contributed by atoms with van der Waals surface area (Å²) in [5.41, 5.74) is 0. The monoisotopic (exact) mass is 268 g/mol. The Kier molecular flexibility index (Phi) is 8.72. The number of nitrogens with zero attached hydrogens (tertiary/aromatic N) is 1. The lowest BCUT2D eigenvalue weighted by atomic mass is 9.98. The Hall–Kier alpha value is -0.0800. The Morgan fingerprint density at radius 1 is 1.16 bits per heavy atom. The molecule has 0 amide bonds. The molecular weight excluding hydrogens is 232 g/mol. The van der Waals surface area contributed by atoms with E-state index in [0.717, 1.165) is 12.0 Å². The largest absolute Gasteiger partial charge is 0.312 e. The summed E-state index contributed by atoms with van der Waals surface area (Å²) < 4.78 is 0. The van der Waals surface area contributed by atoms with E-state index >= 15 is 0 Å². The molecule has 0 aliphatic carbocycles. The molecule has 1 heterocycles. The van der Waals surface area contributed by atoms with Crippen LogP contribution in [-0.2, 0) is 0 Å². The van der Waals surface area contributed by atoms with Crippen molar-refractivity contribution in [2.24, 2.45) is 5.92 Å². The van der Waals surface area contributed by atoms with Crippen LogP contribution in [0.2, 0.25) is 0 Å². The van der Waals surface area contributed by atoms with E-state index in [4.69, 9.17) is 0 Å². The molecule has 0 saturated carbocycles. The summed E-state index contributed by atoms with van der Waals surface area (Å²) in [4.78, 5) is 2.74. The molecule has 1 N–H and O–H groups in total. The van der Waals surface area contributed by atoms with Gasteiger partial charge in [-0.1, -0.05) is 52.9 Å². The third-order valence-electron chi connectivity index (χ3n) is 4.90. The van der Waals surface area contributed by atoms with Gasteiger partial charge in [0.05, 0.1) is 0 Å². The van der Waals surface area contributed by atoms with Gasteiger partial charge >= 0.3 is 0 Å². The molecule has 0 aromatic carbocycles. The fraction of sp³-hybridized carbons (Fsp3) is 1.00. The van der Waals surface area contributed by atoms with Gasteiger partial charge in [-0.25, -0.2) is 0 Å². The Bertz CT molecular complexity index is 217. The van der Waals surface area contributed by atoms with Crippen LogP contribution >= 0.6 is 0 Å². The fourth-order valence-electron chi connectivity index (χ4n) is 3.05. The Morgan fingerprint density at radius 2 is 1.89 bits per heavy atom. The summed E-state index contributed by atoms with van der Waals surface area (Å²) in [5, 5.41) is 3.76. The number of nitrogens with one attached hydrogen (secondary N) is 1. The van der Waals surface area contributed by atoms with Gasteiger partial charge in [0.15, 0.2) is 0 Å². The van der Waals surface area contributed by atoms with E-state index in [1.54, 1.807) is 0 Å². The van der Waals surface area contributed by atoms with Gasteiger partial charge in [-0.05, 0) is 38.8 Å². The minimum Gasteiger partial charge on any atom is -0.312 e. The zero-order valence-corrected chi connectivity index (χ0v) is 13.8. The van der Waals surface area contributed by atoms with Crippen LogP contribution in [0.3, 0.4) is 0 Å². The van der Waals surface area contributed by atoms with Crippen molar-refractivity contribution in [3.05, 3.63) is 0 Å². The SMILES string of the molecule is CCCCCCCN1CC(C(C)CC)NCCC1C. The first-order valence-corrected chi connectivity index (χ1v) is 8.66. The number of hydrogen-bond acceptors (Lipinski definition) is 2. The summed E-state index contributed by atoms with van der Waals surface area (Å²) >= 11 is 0. The van der Waals surface area contributed by atoms with Gasteiger partial charge < -0.3 is 5.32 Å². The molecule has 1 rings (SSSR count). The van der Waals surface area contributed by atoms with Crippen LogP contribution in [0.15, 0.2) is 0 Å². The number of hydrogen-bond donors (Lipinski definition) is 1. The van der Waals surface area contributed by atoms with E-state index in [2.05, 4.69) is 37.9 Å². The molecule has 114 valence electrons. The zero-order chi connectivity index (χ0) is 14.1. The molecule has 1 aliphatic heterocycles. The highest BCUT2D eigenvalue weighted by atomic mass is 15.2. The molecule has 0 radical (unpaired) electrons. The third kappa shape index (κ3) is 6.27. The van der Waals surface area contributed by atoms with Gasteiger partial charge in [0.25, 0.3) is 0 Å². The molecule has 1 aliphatic rings. The normalized spacial score (nSPS) is 27.2. The van der Waals surface area contributed by atoms with Gasteiger partial charge in [-0.3, -0.25) is 4.90 Å². The van der Waals surface area contributed by atoms with Crippen LogP contribution in [0, 0.1) is 5.92 Å². The zero-order valence-electron chi connectivity index (χ0n) is 13.8. The minimum absolute atomic E-state index is 0.700. The van der Waals surface area contributed by atoms with E-state index in [9.17, 15) is 0 Å². The minimum atomic E-state index is 0.700. The summed E-state index contributed by atoms with van der Waals surface area (Å²) in [5.74, 6) is 0.799. The van der Waals surface area contributed by atoms with Gasteiger partial charge in [0.1, 0.15) is 0 Å². The van der Waals surface area contributed by atoms with Crippen LogP contribution in [0.25, 0.3) is 0 Å². The van der Waals surface area contributed by atoms with Crippen molar-refractivity contribution in [2.75, 3.05) is 19.6 Å². The smallest absolute Gasteiger partial charge is 0.0220 e. The van der Waals surface area contributed by atoms with Crippen molar-refractivity contribution in [1.82, 2.24) is 10.2 Å². The van der Waals surface area contributed by atoms with Crippen molar-refractivity contribution < 1.29 is 0 Å². The van der Waals surface area contributed by atoms with Crippen molar-refractivity contribution >= 4 is 0 Å². The van der Waals surface area contributed by atoms with Gasteiger partial charge in [0.2, 0.25) is 0 Å². The van der Waals surface area contributed by atoms with Crippen molar-refractivity contribution in [1.29, 1.82) is 0 Å². The molecule has 0 spiro atoms. The molecule has 0 bridgehead atoms. The Labute approximate surface area is 121 Å². The van der Waals surface area contributed by atoms with Crippen LogP contribution in [-0.4, -0.2) is 36.6 Å². The number of rotatable bonds is 8. The number of unbranched alkanes of at least 4 members (excludes halogenated alkanes) is 4. The van der Waals surface area contributed by atoms with Crippen molar-refractivity contribution in [2.45, 2.75) is 84.7 Å². The molecule has 2 heteroatoms. The summed E-state index contributed by atoms with van der Waals surface area (Å²) in [7, 11) is 0. The average Bonchev–Trinajstić information content (AvgIpc) is 2.60. The molecule has 19 heavy (non-hydrogen) atoms. The maximum atomic E-state index is 3.76. The molecule has 3 atom stereocenters. The predicted molar refractivity (Wildman–Crippen MR) is 85.7 cm³/mol. The fourth-order valence-corrected chi connectivity index (χ4v) is 3.05. The molecule has 3 unspecified atom stereocenters. The second-order valence-electron chi connectivity index (χ2n) is 6.49. The lowest BCUT2D eigenvalue weighted by molar-refractivity contribution is 0.184. The van der Waals surface area contributed by atoms with Crippen molar-refractivity contribution in [3.8, 4) is 0 Å². The quantitative estimate of drug-likeness (QED) is 0.668. The highest BCUT2D eigenvalue weighted by Gasteiger charge is 2.25. The van der Waals surface area contributed by atoms with E-state index in [1.165, 1.54) is 64.6 Å². The lowest BCUT2D eigenvalue weighted by Crippen LogP contribution is -2.43.